The zero-order valence-corrected chi connectivity index (χ0v) is 22.3. The zero-order chi connectivity index (χ0) is 24.5. The maximum Gasteiger partial charge on any atom is 0.314 e. The number of fused-ring (bicyclic) bond motifs is 4. The van der Waals surface area contributed by atoms with Gasteiger partial charge in [-0.25, -0.2) is 0 Å². The smallest absolute Gasteiger partial charge is 0.314 e. The quantitative estimate of drug-likeness (QED) is 0.471. The fourth-order valence-corrected chi connectivity index (χ4v) is 10.00. The molecule has 6 rings (SSSR count). The highest BCUT2D eigenvalue weighted by Crippen LogP contribution is 2.75. The van der Waals surface area contributed by atoms with E-state index in [4.69, 9.17) is 9.47 Å². The molecule has 8 atom stereocenters. The van der Waals surface area contributed by atoms with Gasteiger partial charge in [-0.1, -0.05) is 39.8 Å². The largest absolute Gasteiger partial charge is 0.456 e. The van der Waals surface area contributed by atoms with Crippen LogP contribution in [0.3, 0.4) is 0 Å². The fourth-order valence-electron chi connectivity index (χ4n) is 10.00. The Morgan fingerprint density at radius 1 is 0.882 bits per heavy atom. The van der Waals surface area contributed by atoms with E-state index < -0.39 is 11.0 Å². The summed E-state index contributed by atoms with van der Waals surface area (Å²) in [5.41, 5.74) is 1.45. The zero-order valence-electron chi connectivity index (χ0n) is 22.3. The van der Waals surface area contributed by atoms with Gasteiger partial charge in [0.2, 0.25) is 0 Å². The number of hydrogen-bond donors (Lipinski definition) is 1. The van der Waals surface area contributed by atoms with E-state index in [0.29, 0.717) is 5.92 Å². The molecule has 4 fully saturated rings. The van der Waals surface area contributed by atoms with Gasteiger partial charge in [0, 0.05) is 11.3 Å². The lowest BCUT2D eigenvalue weighted by Crippen LogP contribution is -2.55. The first kappa shape index (κ1) is 23.3. The van der Waals surface area contributed by atoms with Crippen LogP contribution in [0.2, 0.25) is 0 Å². The third-order valence-corrected chi connectivity index (χ3v) is 12.1. The summed E-state index contributed by atoms with van der Waals surface area (Å²) in [6.07, 6.45) is 12.3. The number of hydrogen-bond acceptors (Lipinski definition) is 4. The molecule has 2 saturated heterocycles. The molecule has 4 aliphatic carbocycles. The Hall–Kier alpha value is -1.13. The van der Waals surface area contributed by atoms with Crippen LogP contribution >= 0.6 is 0 Å². The van der Waals surface area contributed by atoms with Crippen LogP contribution in [0.25, 0.3) is 0 Å². The van der Waals surface area contributed by atoms with Crippen molar-refractivity contribution in [1.82, 2.24) is 0 Å². The van der Waals surface area contributed by atoms with Crippen LogP contribution in [0.4, 0.5) is 0 Å². The summed E-state index contributed by atoms with van der Waals surface area (Å²) < 4.78 is 12.9. The number of ether oxygens (including phenoxy) is 2. The summed E-state index contributed by atoms with van der Waals surface area (Å²) in [7, 11) is 0. The lowest BCUT2D eigenvalue weighted by molar-refractivity contribution is -0.171. The molecule has 0 aromatic heterocycles. The lowest BCUT2D eigenvalue weighted by atomic mass is 9.44. The second-order valence-corrected chi connectivity index (χ2v) is 14.4. The van der Waals surface area contributed by atoms with Crippen LogP contribution in [-0.4, -0.2) is 34.5 Å². The van der Waals surface area contributed by atoms with Gasteiger partial charge in [0.25, 0.3) is 0 Å². The second kappa shape index (κ2) is 6.59. The first-order valence-electron chi connectivity index (χ1n) is 13.7. The van der Waals surface area contributed by atoms with E-state index in [1.807, 2.05) is 0 Å². The molecule has 4 nitrogen and oxygen atoms in total. The Labute approximate surface area is 205 Å². The molecule has 188 valence electrons. The molecule has 4 heteroatoms. The molecule has 1 unspecified atom stereocenters. The molecule has 0 aromatic carbocycles. The molecular formula is C30H44O4. The normalized spacial score (nSPS) is 52.6. The van der Waals surface area contributed by atoms with Crippen molar-refractivity contribution in [1.29, 1.82) is 0 Å². The Bertz CT molecular complexity index is 1010. The topological polar surface area (TPSA) is 55.8 Å². The maximum atomic E-state index is 14.0. The molecule has 1 spiro atoms. The van der Waals surface area contributed by atoms with Crippen molar-refractivity contribution in [3.8, 4) is 0 Å². The summed E-state index contributed by atoms with van der Waals surface area (Å²) in [5, 5.41) is 10.8. The molecule has 2 heterocycles. The summed E-state index contributed by atoms with van der Waals surface area (Å²) in [5.74, 6) is 0.616. The van der Waals surface area contributed by atoms with Crippen molar-refractivity contribution in [2.75, 3.05) is 0 Å². The molecule has 0 radical (unpaired) electrons. The third kappa shape index (κ3) is 2.50. The van der Waals surface area contributed by atoms with Gasteiger partial charge in [0.1, 0.15) is 5.60 Å². The number of aliphatic hydroxyl groups is 1. The van der Waals surface area contributed by atoms with Gasteiger partial charge in [0.05, 0.1) is 23.2 Å². The number of esters is 1. The molecule has 6 aliphatic rings. The highest BCUT2D eigenvalue weighted by molar-refractivity contribution is 5.85. The average molecular weight is 469 g/mol. The maximum absolute atomic E-state index is 14.0. The van der Waals surface area contributed by atoms with E-state index in [2.05, 4.69) is 60.6 Å². The monoisotopic (exact) mass is 468 g/mol. The molecule has 1 N–H and O–H groups in total. The van der Waals surface area contributed by atoms with Crippen molar-refractivity contribution in [2.45, 2.75) is 123 Å². The summed E-state index contributed by atoms with van der Waals surface area (Å²) in [6, 6.07) is 0. The van der Waals surface area contributed by atoms with Gasteiger partial charge in [-0.2, -0.15) is 0 Å². The number of carbonyl (C=O) groups is 1. The first-order chi connectivity index (χ1) is 15.7. The highest BCUT2D eigenvalue weighted by atomic mass is 16.6. The van der Waals surface area contributed by atoms with Gasteiger partial charge in [-0.05, 0) is 100 Å². The Morgan fingerprint density at radius 2 is 1.62 bits per heavy atom. The van der Waals surface area contributed by atoms with Gasteiger partial charge >= 0.3 is 5.97 Å². The molecular weight excluding hydrogens is 424 g/mol. The number of allylic oxidation sites excluding steroid dienone is 4. The average Bonchev–Trinajstić information content (AvgIpc) is 3.35. The Morgan fingerprint density at radius 3 is 2.29 bits per heavy atom. The molecule has 0 aromatic rings. The molecule has 0 amide bonds. The standard InChI is InChI=1S/C30H44O4/c1-25(2)14-13-23(33-25)29(7)21-11-16-28(6)19-8-9-20-26(3,4)22(31)12-15-27(20,5)18(19)10-17-30(21,28)24(32)34-29/h8,10,20-23,31H,9,11-17H2,1-7H3/t20-,21+,22-,23?,27+,28-,29+,30+/m0/s1. The lowest BCUT2D eigenvalue weighted by Gasteiger charge is -2.60. The number of cyclic esters (lactones) is 1. The van der Waals surface area contributed by atoms with Crippen LogP contribution in [0.15, 0.2) is 23.3 Å². The highest BCUT2D eigenvalue weighted by Gasteiger charge is 2.76. The van der Waals surface area contributed by atoms with Crippen LogP contribution in [0.5, 0.6) is 0 Å². The van der Waals surface area contributed by atoms with Crippen molar-refractivity contribution < 1.29 is 19.4 Å². The first-order valence-corrected chi connectivity index (χ1v) is 13.7. The fraction of sp³-hybridized carbons (Fsp3) is 0.833. The number of rotatable bonds is 1. The molecule has 2 aliphatic heterocycles. The molecule has 2 saturated carbocycles. The van der Waals surface area contributed by atoms with Crippen molar-refractivity contribution in [3.05, 3.63) is 23.3 Å². The predicted octanol–water partition coefficient (Wildman–Crippen LogP) is 6.13. The van der Waals surface area contributed by atoms with Crippen molar-refractivity contribution in [3.63, 3.8) is 0 Å². The second-order valence-electron chi connectivity index (χ2n) is 14.4. The van der Waals surface area contributed by atoms with E-state index in [0.717, 1.165) is 51.4 Å². The summed E-state index contributed by atoms with van der Waals surface area (Å²) >= 11 is 0. The minimum Gasteiger partial charge on any atom is -0.456 e. The van der Waals surface area contributed by atoms with E-state index in [-0.39, 0.29) is 45.9 Å². The van der Waals surface area contributed by atoms with Crippen LogP contribution < -0.4 is 0 Å². The molecule has 0 bridgehead atoms. The van der Waals surface area contributed by atoms with E-state index in [1.165, 1.54) is 11.1 Å². The summed E-state index contributed by atoms with van der Waals surface area (Å²) in [6.45, 7) is 15.8. The Kier molecular flexibility index (Phi) is 4.51. The van der Waals surface area contributed by atoms with Crippen LogP contribution in [-0.2, 0) is 14.3 Å². The third-order valence-electron chi connectivity index (χ3n) is 12.1. The van der Waals surface area contributed by atoms with E-state index >= 15 is 0 Å². The van der Waals surface area contributed by atoms with Crippen molar-refractivity contribution >= 4 is 5.97 Å². The van der Waals surface area contributed by atoms with Gasteiger partial charge in [-0.15, -0.1) is 0 Å². The minimum atomic E-state index is -0.549. The van der Waals surface area contributed by atoms with E-state index in [9.17, 15) is 9.90 Å². The minimum absolute atomic E-state index is 0.0104. The van der Waals surface area contributed by atoms with Crippen molar-refractivity contribution in [2.24, 2.45) is 33.5 Å². The van der Waals surface area contributed by atoms with Crippen LogP contribution in [0.1, 0.15) is 99.8 Å². The molecule has 34 heavy (non-hydrogen) atoms. The van der Waals surface area contributed by atoms with Gasteiger partial charge < -0.3 is 14.6 Å². The van der Waals surface area contributed by atoms with E-state index in [1.54, 1.807) is 0 Å². The Balaban J connectivity index is 1.43. The van der Waals surface area contributed by atoms with Gasteiger partial charge in [0.15, 0.2) is 0 Å². The number of carbonyl (C=O) groups excluding carboxylic acids is 1. The summed E-state index contributed by atoms with van der Waals surface area (Å²) in [4.78, 5) is 14.0. The SMILES string of the molecule is CC1(C)CCC([C@]2(C)OC(=O)[C@]34CC=C5C(=CC[C@H]6C(C)(C)[C@@H](O)CC[C@]56C)[C@]3(C)CC[C@H]24)O1. The van der Waals surface area contributed by atoms with Crippen LogP contribution in [0, 0.1) is 33.5 Å². The predicted molar refractivity (Wildman–Crippen MR) is 132 cm³/mol. The van der Waals surface area contributed by atoms with Gasteiger partial charge in [-0.3, -0.25) is 4.79 Å². The number of aliphatic hydroxyl groups excluding tert-OH is 1.